The van der Waals surface area contributed by atoms with Gasteiger partial charge >= 0.3 is 0 Å². The van der Waals surface area contributed by atoms with Crippen molar-refractivity contribution in [2.45, 2.75) is 52.0 Å². The third-order valence-electron chi connectivity index (χ3n) is 3.78. The van der Waals surface area contributed by atoms with E-state index in [9.17, 15) is 0 Å². The van der Waals surface area contributed by atoms with E-state index < -0.39 is 0 Å². The average molecular weight is 247 g/mol. The van der Waals surface area contributed by atoms with Gasteiger partial charge in [0.1, 0.15) is 5.82 Å². The molecule has 2 rings (SSSR count). The summed E-state index contributed by atoms with van der Waals surface area (Å²) in [4.78, 5) is 6.99. The van der Waals surface area contributed by atoms with E-state index in [1.54, 1.807) is 6.20 Å². The number of anilines is 2. The van der Waals surface area contributed by atoms with Crippen LogP contribution in [0.2, 0.25) is 0 Å². The first-order chi connectivity index (χ1) is 8.66. The molecule has 0 bridgehead atoms. The molecule has 1 saturated carbocycles. The molecule has 100 valence electrons. The number of nitrogen functional groups attached to an aromatic ring is 1. The molecule has 0 atom stereocenters. The maximum Gasteiger partial charge on any atom is 0.128 e. The van der Waals surface area contributed by atoms with Crippen LogP contribution in [0.4, 0.5) is 11.5 Å². The summed E-state index contributed by atoms with van der Waals surface area (Å²) in [5.41, 5.74) is 6.47. The lowest BCUT2D eigenvalue weighted by molar-refractivity contribution is 0.525. The molecule has 0 amide bonds. The molecule has 0 unspecified atom stereocenters. The zero-order valence-corrected chi connectivity index (χ0v) is 11.6. The molecule has 1 aliphatic carbocycles. The van der Waals surface area contributed by atoms with Crippen LogP contribution in [0, 0.1) is 5.92 Å². The van der Waals surface area contributed by atoms with Crippen molar-refractivity contribution in [2.24, 2.45) is 5.92 Å². The third-order valence-corrected chi connectivity index (χ3v) is 3.78. The number of aromatic nitrogens is 1. The summed E-state index contributed by atoms with van der Waals surface area (Å²) in [5, 5.41) is 0. The van der Waals surface area contributed by atoms with Crippen LogP contribution in [0.5, 0.6) is 0 Å². The average Bonchev–Trinajstić information content (AvgIpc) is 2.85. The third kappa shape index (κ3) is 3.37. The molecule has 0 aliphatic heterocycles. The van der Waals surface area contributed by atoms with Gasteiger partial charge in [-0.25, -0.2) is 4.98 Å². The van der Waals surface area contributed by atoms with Crippen LogP contribution in [0.1, 0.15) is 46.0 Å². The van der Waals surface area contributed by atoms with E-state index >= 15 is 0 Å². The van der Waals surface area contributed by atoms with Gasteiger partial charge in [0.2, 0.25) is 0 Å². The van der Waals surface area contributed by atoms with E-state index in [1.807, 2.05) is 6.07 Å². The fourth-order valence-corrected chi connectivity index (χ4v) is 2.66. The van der Waals surface area contributed by atoms with E-state index in [4.69, 9.17) is 5.73 Å². The molecule has 1 heterocycles. The van der Waals surface area contributed by atoms with Crippen LogP contribution < -0.4 is 10.6 Å². The smallest absolute Gasteiger partial charge is 0.128 e. The molecule has 0 saturated heterocycles. The minimum atomic E-state index is 0.680. The maximum absolute atomic E-state index is 5.72. The molecule has 0 radical (unpaired) electrons. The summed E-state index contributed by atoms with van der Waals surface area (Å²) in [5.74, 6) is 1.83. The van der Waals surface area contributed by atoms with Crippen molar-refractivity contribution < 1.29 is 0 Å². The molecular weight excluding hydrogens is 222 g/mol. The molecule has 1 aromatic rings. The highest BCUT2D eigenvalue weighted by molar-refractivity contribution is 5.46. The van der Waals surface area contributed by atoms with Crippen molar-refractivity contribution in [1.82, 2.24) is 4.98 Å². The SMILES string of the molecule is CC(C)CCN(c1ccc(N)cn1)C1CCCC1. The Kier molecular flexibility index (Phi) is 4.45. The predicted octanol–water partition coefficient (Wildman–Crippen LogP) is 3.46. The van der Waals surface area contributed by atoms with Gasteiger partial charge in [0.15, 0.2) is 0 Å². The zero-order chi connectivity index (χ0) is 13.0. The standard InChI is InChI=1S/C15H25N3/c1-12(2)9-10-18(14-5-3-4-6-14)15-8-7-13(16)11-17-15/h7-8,11-12,14H,3-6,9-10,16H2,1-2H3. The summed E-state index contributed by atoms with van der Waals surface area (Å²) in [7, 11) is 0. The Morgan fingerprint density at radius 1 is 1.33 bits per heavy atom. The molecule has 1 aliphatic rings. The summed E-state index contributed by atoms with van der Waals surface area (Å²) in [6.45, 7) is 5.67. The van der Waals surface area contributed by atoms with E-state index in [0.717, 1.165) is 24.0 Å². The summed E-state index contributed by atoms with van der Waals surface area (Å²) >= 11 is 0. The van der Waals surface area contributed by atoms with E-state index in [2.05, 4.69) is 29.8 Å². The van der Waals surface area contributed by atoms with Gasteiger partial charge in [-0.2, -0.15) is 0 Å². The van der Waals surface area contributed by atoms with Gasteiger partial charge in [0, 0.05) is 12.6 Å². The van der Waals surface area contributed by atoms with Crippen LogP contribution in [0.25, 0.3) is 0 Å². The van der Waals surface area contributed by atoms with Gasteiger partial charge in [-0.05, 0) is 37.3 Å². The number of nitrogens with zero attached hydrogens (tertiary/aromatic N) is 2. The van der Waals surface area contributed by atoms with Crippen LogP contribution in [-0.2, 0) is 0 Å². The highest BCUT2D eigenvalue weighted by atomic mass is 15.2. The minimum Gasteiger partial charge on any atom is -0.397 e. The molecule has 1 fully saturated rings. The zero-order valence-electron chi connectivity index (χ0n) is 11.6. The summed E-state index contributed by atoms with van der Waals surface area (Å²) in [6, 6.07) is 4.70. The normalized spacial score (nSPS) is 16.4. The quantitative estimate of drug-likeness (QED) is 0.866. The molecular formula is C15H25N3. The first-order valence-electron chi connectivity index (χ1n) is 7.15. The Labute approximate surface area is 110 Å². The molecule has 3 nitrogen and oxygen atoms in total. The number of pyridine rings is 1. The highest BCUT2D eigenvalue weighted by Crippen LogP contribution is 2.28. The number of hydrogen-bond donors (Lipinski definition) is 1. The van der Waals surface area contributed by atoms with Crippen molar-refractivity contribution in [1.29, 1.82) is 0 Å². The fraction of sp³-hybridized carbons (Fsp3) is 0.667. The highest BCUT2D eigenvalue weighted by Gasteiger charge is 2.23. The molecule has 0 spiro atoms. The van der Waals surface area contributed by atoms with Crippen molar-refractivity contribution in [3.63, 3.8) is 0 Å². The number of rotatable bonds is 5. The maximum atomic E-state index is 5.72. The van der Waals surface area contributed by atoms with Crippen molar-refractivity contribution in [3.8, 4) is 0 Å². The van der Waals surface area contributed by atoms with Crippen LogP contribution >= 0.6 is 0 Å². The largest absolute Gasteiger partial charge is 0.397 e. The lowest BCUT2D eigenvalue weighted by Crippen LogP contribution is -2.35. The van der Waals surface area contributed by atoms with Gasteiger partial charge in [0.25, 0.3) is 0 Å². The molecule has 1 aromatic heterocycles. The number of hydrogen-bond acceptors (Lipinski definition) is 3. The minimum absolute atomic E-state index is 0.680. The Balaban J connectivity index is 2.09. The van der Waals surface area contributed by atoms with Crippen LogP contribution in [-0.4, -0.2) is 17.6 Å². The summed E-state index contributed by atoms with van der Waals surface area (Å²) < 4.78 is 0. The second kappa shape index (κ2) is 6.07. The molecule has 0 aromatic carbocycles. The van der Waals surface area contributed by atoms with Gasteiger partial charge in [-0.15, -0.1) is 0 Å². The molecule has 18 heavy (non-hydrogen) atoms. The molecule has 3 heteroatoms. The van der Waals surface area contributed by atoms with E-state index in [0.29, 0.717) is 6.04 Å². The first kappa shape index (κ1) is 13.2. The second-order valence-corrected chi connectivity index (χ2v) is 5.76. The molecule has 2 N–H and O–H groups in total. The predicted molar refractivity (Wildman–Crippen MR) is 77.7 cm³/mol. The first-order valence-corrected chi connectivity index (χ1v) is 7.15. The van der Waals surface area contributed by atoms with E-state index in [1.165, 1.54) is 32.1 Å². The summed E-state index contributed by atoms with van der Waals surface area (Å²) in [6.07, 6.45) is 8.33. The van der Waals surface area contributed by atoms with Crippen molar-refractivity contribution in [2.75, 3.05) is 17.2 Å². The lowest BCUT2D eigenvalue weighted by atomic mass is 10.1. The Bertz CT molecular complexity index is 353. The lowest BCUT2D eigenvalue weighted by Gasteiger charge is -2.30. The Morgan fingerprint density at radius 2 is 2.06 bits per heavy atom. The van der Waals surface area contributed by atoms with Gasteiger partial charge in [-0.3, -0.25) is 0 Å². The van der Waals surface area contributed by atoms with Gasteiger partial charge in [0.05, 0.1) is 11.9 Å². The van der Waals surface area contributed by atoms with Gasteiger partial charge in [-0.1, -0.05) is 26.7 Å². The van der Waals surface area contributed by atoms with Crippen molar-refractivity contribution >= 4 is 11.5 Å². The van der Waals surface area contributed by atoms with Crippen LogP contribution in [0.15, 0.2) is 18.3 Å². The van der Waals surface area contributed by atoms with Gasteiger partial charge < -0.3 is 10.6 Å². The topological polar surface area (TPSA) is 42.1 Å². The Morgan fingerprint density at radius 3 is 2.61 bits per heavy atom. The monoisotopic (exact) mass is 247 g/mol. The second-order valence-electron chi connectivity index (χ2n) is 5.76. The number of nitrogens with two attached hydrogens (primary N) is 1. The Hall–Kier alpha value is -1.25. The van der Waals surface area contributed by atoms with Crippen molar-refractivity contribution in [3.05, 3.63) is 18.3 Å². The van der Waals surface area contributed by atoms with E-state index in [-0.39, 0.29) is 0 Å². The van der Waals surface area contributed by atoms with Crippen LogP contribution in [0.3, 0.4) is 0 Å². The fourth-order valence-electron chi connectivity index (χ4n) is 2.66.